The molecule has 0 bridgehead atoms. The Morgan fingerprint density at radius 3 is 2.83 bits per heavy atom. The molecule has 1 aliphatic heterocycles. The fourth-order valence-corrected chi connectivity index (χ4v) is 4.03. The Morgan fingerprint density at radius 2 is 2.21 bits per heavy atom. The lowest BCUT2D eigenvalue weighted by Crippen LogP contribution is -2.40. The van der Waals surface area contributed by atoms with Gasteiger partial charge in [0.1, 0.15) is 0 Å². The third-order valence-electron chi connectivity index (χ3n) is 4.61. The van der Waals surface area contributed by atoms with Gasteiger partial charge in [-0.25, -0.2) is 0 Å². The molecule has 1 fully saturated rings. The molecule has 0 saturated carbocycles. The van der Waals surface area contributed by atoms with Crippen LogP contribution in [0.2, 0.25) is 0 Å². The minimum absolute atomic E-state index is 0.115. The van der Waals surface area contributed by atoms with Gasteiger partial charge in [0, 0.05) is 23.8 Å². The van der Waals surface area contributed by atoms with Crippen LogP contribution in [0.5, 0.6) is 0 Å². The van der Waals surface area contributed by atoms with E-state index in [9.17, 15) is 9.59 Å². The smallest absolute Gasteiger partial charge is 0.247 e. The van der Waals surface area contributed by atoms with Gasteiger partial charge in [-0.15, -0.1) is 11.3 Å². The number of thiophene rings is 1. The number of aromatic nitrogens is 1. The van der Waals surface area contributed by atoms with Gasteiger partial charge in [-0.1, -0.05) is 6.07 Å². The summed E-state index contributed by atoms with van der Waals surface area (Å²) in [6.45, 7) is 4.62. The van der Waals surface area contributed by atoms with Crippen LogP contribution in [0, 0.1) is 6.92 Å². The highest BCUT2D eigenvalue weighted by Gasteiger charge is 2.43. The number of pyridine rings is 1. The van der Waals surface area contributed by atoms with Crippen LogP contribution in [0.15, 0.2) is 36.0 Å². The minimum Gasteiger partial charge on any atom is -0.289 e. The zero-order chi connectivity index (χ0) is 17.3. The molecule has 3 rings (SSSR count). The first kappa shape index (κ1) is 16.8. The van der Waals surface area contributed by atoms with E-state index in [0.717, 1.165) is 5.56 Å². The molecule has 0 unspecified atom stereocenters. The van der Waals surface area contributed by atoms with Crippen LogP contribution in [0.4, 0.5) is 0 Å². The number of hydrogen-bond acceptors (Lipinski definition) is 5. The zero-order valence-corrected chi connectivity index (χ0v) is 14.9. The summed E-state index contributed by atoms with van der Waals surface area (Å²) in [4.78, 5) is 34.0. The minimum atomic E-state index is -0.391. The maximum absolute atomic E-state index is 12.8. The second-order valence-electron chi connectivity index (χ2n) is 6.23. The molecule has 2 amide bonds. The number of amides is 2. The van der Waals surface area contributed by atoms with Crippen molar-refractivity contribution in [2.24, 2.45) is 0 Å². The number of likely N-dealkylation sites (N-methyl/N-ethyl adjacent to an activating group) is 1. The first-order valence-corrected chi connectivity index (χ1v) is 8.86. The van der Waals surface area contributed by atoms with Gasteiger partial charge in [-0.05, 0) is 49.5 Å². The van der Waals surface area contributed by atoms with E-state index >= 15 is 0 Å². The Morgan fingerprint density at radius 1 is 1.42 bits per heavy atom. The van der Waals surface area contributed by atoms with Gasteiger partial charge in [0.2, 0.25) is 11.8 Å². The highest BCUT2D eigenvalue weighted by atomic mass is 32.1. The second-order valence-corrected chi connectivity index (χ2v) is 7.23. The number of imide groups is 1. The number of carbonyl (C=O) groups is 2. The van der Waals surface area contributed by atoms with Gasteiger partial charge in [0.15, 0.2) is 0 Å². The number of rotatable bonds is 5. The van der Waals surface area contributed by atoms with Crippen molar-refractivity contribution < 1.29 is 9.59 Å². The number of likely N-dealkylation sites (tertiary alicyclic amines) is 1. The van der Waals surface area contributed by atoms with E-state index in [2.05, 4.69) is 23.4 Å². The standard InChI is InChI=1S/C18H21N3O2S/c1-12-6-8-24-16(12)11-20(3)15-9-17(22)21(18(15)23)13(2)14-5-4-7-19-10-14/h4-8,10,13,15H,9,11H2,1-3H3/t13-,15+/m1/s1. The highest BCUT2D eigenvalue weighted by molar-refractivity contribution is 7.10. The van der Waals surface area contributed by atoms with Crippen LogP contribution in [-0.2, 0) is 16.1 Å². The third-order valence-corrected chi connectivity index (χ3v) is 5.61. The summed E-state index contributed by atoms with van der Waals surface area (Å²) in [5.41, 5.74) is 2.10. The Labute approximate surface area is 145 Å². The number of nitrogens with zero attached hydrogens (tertiary/aromatic N) is 3. The summed E-state index contributed by atoms with van der Waals surface area (Å²) >= 11 is 1.68. The molecule has 0 spiro atoms. The molecule has 2 aromatic rings. The van der Waals surface area contributed by atoms with E-state index in [1.165, 1.54) is 15.3 Å². The maximum atomic E-state index is 12.8. The first-order chi connectivity index (χ1) is 11.5. The van der Waals surface area contributed by atoms with Crippen LogP contribution in [0.1, 0.15) is 35.4 Å². The van der Waals surface area contributed by atoms with E-state index in [0.29, 0.717) is 6.54 Å². The highest BCUT2D eigenvalue weighted by Crippen LogP contribution is 2.29. The predicted molar refractivity (Wildman–Crippen MR) is 93.4 cm³/mol. The Kier molecular flexibility index (Phi) is 4.78. The largest absolute Gasteiger partial charge is 0.289 e. The molecule has 2 atom stereocenters. The molecule has 6 heteroatoms. The topological polar surface area (TPSA) is 53.5 Å². The molecule has 126 valence electrons. The lowest BCUT2D eigenvalue weighted by atomic mass is 10.1. The molecular weight excluding hydrogens is 322 g/mol. The molecule has 0 aliphatic carbocycles. The van der Waals surface area contributed by atoms with E-state index in [4.69, 9.17) is 0 Å². The molecule has 1 saturated heterocycles. The van der Waals surface area contributed by atoms with Crippen molar-refractivity contribution in [1.82, 2.24) is 14.8 Å². The van der Waals surface area contributed by atoms with Crippen LogP contribution < -0.4 is 0 Å². The van der Waals surface area contributed by atoms with Crippen LogP contribution in [0.3, 0.4) is 0 Å². The Bertz CT molecular complexity index is 744. The van der Waals surface area contributed by atoms with Crippen molar-refractivity contribution in [2.45, 2.75) is 38.9 Å². The third kappa shape index (κ3) is 3.12. The summed E-state index contributed by atoms with van der Waals surface area (Å²) < 4.78 is 0. The number of aryl methyl sites for hydroxylation is 1. The normalized spacial score (nSPS) is 19.3. The van der Waals surface area contributed by atoms with E-state index in [1.807, 2.05) is 31.0 Å². The van der Waals surface area contributed by atoms with Gasteiger partial charge in [0.05, 0.1) is 18.5 Å². The van der Waals surface area contributed by atoms with E-state index in [1.54, 1.807) is 23.7 Å². The SMILES string of the molecule is Cc1ccsc1CN(C)[C@H]1CC(=O)N([C@H](C)c2cccnc2)C1=O. The van der Waals surface area contributed by atoms with Crippen molar-refractivity contribution in [3.8, 4) is 0 Å². The van der Waals surface area contributed by atoms with Gasteiger partial charge < -0.3 is 0 Å². The fraction of sp³-hybridized carbons (Fsp3) is 0.389. The summed E-state index contributed by atoms with van der Waals surface area (Å²) in [5, 5.41) is 2.05. The Balaban J connectivity index is 1.75. The van der Waals surface area contributed by atoms with Crippen molar-refractivity contribution in [3.63, 3.8) is 0 Å². The van der Waals surface area contributed by atoms with Gasteiger partial charge in [-0.3, -0.25) is 24.4 Å². The fourth-order valence-electron chi connectivity index (χ4n) is 3.06. The molecule has 0 radical (unpaired) electrons. The molecule has 0 N–H and O–H groups in total. The molecule has 3 heterocycles. The molecule has 5 nitrogen and oxygen atoms in total. The summed E-state index contributed by atoms with van der Waals surface area (Å²) in [7, 11) is 1.91. The first-order valence-electron chi connectivity index (χ1n) is 7.98. The molecule has 24 heavy (non-hydrogen) atoms. The van der Waals surface area contributed by atoms with Crippen molar-refractivity contribution in [1.29, 1.82) is 0 Å². The molecule has 2 aromatic heterocycles. The maximum Gasteiger partial charge on any atom is 0.247 e. The summed E-state index contributed by atoms with van der Waals surface area (Å²) in [6.07, 6.45) is 3.63. The van der Waals surface area contributed by atoms with Gasteiger partial charge in [0.25, 0.3) is 0 Å². The van der Waals surface area contributed by atoms with Gasteiger partial charge >= 0.3 is 0 Å². The molecular formula is C18H21N3O2S. The summed E-state index contributed by atoms with van der Waals surface area (Å²) in [5.74, 6) is -0.232. The van der Waals surface area contributed by atoms with Crippen molar-refractivity contribution >= 4 is 23.2 Å². The lowest BCUT2D eigenvalue weighted by molar-refractivity contribution is -0.142. The quantitative estimate of drug-likeness (QED) is 0.784. The molecule has 0 aromatic carbocycles. The second kappa shape index (κ2) is 6.83. The summed E-state index contributed by atoms with van der Waals surface area (Å²) in [6, 6.07) is 5.11. The number of hydrogen-bond donors (Lipinski definition) is 0. The van der Waals surface area contributed by atoms with Crippen LogP contribution >= 0.6 is 11.3 Å². The monoisotopic (exact) mass is 343 g/mol. The van der Waals surface area contributed by atoms with Crippen LogP contribution in [0.25, 0.3) is 0 Å². The molecule has 1 aliphatic rings. The van der Waals surface area contributed by atoms with Crippen LogP contribution in [-0.4, -0.2) is 39.7 Å². The van der Waals surface area contributed by atoms with E-state index in [-0.39, 0.29) is 24.3 Å². The average molecular weight is 343 g/mol. The van der Waals surface area contributed by atoms with Crippen molar-refractivity contribution in [2.75, 3.05) is 7.05 Å². The zero-order valence-electron chi connectivity index (χ0n) is 14.1. The van der Waals surface area contributed by atoms with Crippen molar-refractivity contribution in [3.05, 3.63) is 52.0 Å². The Hall–Kier alpha value is -2.05. The lowest BCUT2D eigenvalue weighted by Gasteiger charge is -2.26. The van der Waals surface area contributed by atoms with E-state index < -0.39 is 6.04 Å². The predicted octanol–water partition coefficient (Wildman–Crippen LogP) is 2.77. The number of carbonyl (C=O) groups excluding carboxylic acids is 2. The van der Waals surface area contributed by atoms with Gasteiger partial charge in [-0.2, -0.15) is 0 Å². The average Bonchev–Trinajstić information content (AvgIpc) is 3.11.